The van der Waals surface area contributed by atoms with E-state index >= 15 is 0 Å². The normalized spacial score (nSPS) is 15.4. The Kier molecular flexibility index (Phi) is 4.88. The lowest BCUT2D eigenvalue weighted by molar-refractivity contribution is -0.119. The highest BCUT2D eigenvalue weighted by atomic mass is 16.2. The summed E-state index contributed by atoms with van der Waals surface area (Å²) in [5, 5.41) is 8.04. The van der Waals surface area contributed by atoms with Gasteiger partial charge in [0.1, 0.15) is 0 Å². The molecule has 1 fully saturated rings. The van der Waals surface area contributed by atoms with Crippen LogP contribution in [0.4, 0.5) is 0 Å². The molecule has 0 atom stereocenters. The molecule has 2 amide bonds. The minimum absolute atomic E-state index is 0.105. The van der Waals surface area contributed by atoms with Gasteiger partial charge >= 0.3 is 0 Å². The van der Waals surface area contributed by atoms with Gasteiger partial charge in [0.2, 0.25) is 5.91 Å². The maximum Gasteiger partial charge on any atom is 0.276 e. The van der Waals surface area contributed by atoms with Crippen LogP contribution in [0.5, 0.6) is 0 Å². The van der Waals surface area contributed by atoms with Crippen LogP contribution in [0.3, 0.4) is 0 Å². The topological polar surface area (TPSA) is 94.1 Å². The van der Waals surface area contributed by atoms with E-state index < -0.39 is 0 Å². The highest BCUT2D eigenvalue weighted by molar-refractivity contribution is 5.92. The third-order valence-electron chi connectivity index (χ3n) is 4.34. The van der Waals surface area contributed by atoms with Gasteiger partial charge in [-0.15, -0.1) is 5.10 Å². The number of hydrogen-bond acceptors (Lipinski definition) is 4. The number of hydrogen-bond donors (Lipinski definition) is 1. The van der Waals surface area contributed by atoms with Gasteiger partial charge in [-0.1, -0.05) is 35.5 Å². The number of nitrogens with two attached hydrogens (primary N) is 1. The van der Waals surface area contributed by atoms with Gasteiger partial charge in [-0.05, 0) is 24.3 Å². The second kappa shape index (κ2) is 7.25. The molecule has 0 aliphatic carbocycles. The fraction of sp³-hybridized carbons (Fsp3) is 0.412. The molecule has 0 saturated carbocycles. The monoisotopic (exact) mass is 327 g/mol. The van der Waals surface area contributed by atoms with Crippen molar-refractivity contribution in [2.24, 2.45) is 11.7 Å². The van der Waals surface area contributed by atoms with Crippen LogP contribution >= 0.6 is 0 Å². The van der Waals surface area contributed by atoms with Crippen molar-refractivity contribution >= 4 is 11.8 Å². The summed E-state index contributed by atoms with van der Waals surface area (Å²) in [7, 11) is 0. The predicted octanol–water partition coefficient (Wildman–Crippen LogP) is 1.05. The summed E-state index contributed by atoms with van der Waals surface area (Å²) in [6.07, 6.45) is 3.68. The standard InChI is InChI=1S/C17H21N5O2/c18-16(23)10-13-6-8-21(9-7-13)17(24)15-12-22(20-19-15)11-14-4-2-1-3-5-14/h1-5,12-13H,6-11H2,(H2,18,23). The predicted molar refractivity (Wildman–Crippen MR) is 88.0 cm³/mol. The first kappa shape index (κ1) is 16.2. The molecule has 7 heteroatoms. The van der Waals surface area contributed by atoms with Crippen LogP contribution in [0, 0.1) is 5.92 Å². The lowest BCUT2D eigenvalue weighted by Gasteiger charge is -2.30. The van der Waals surface area contributed by atoms with Crippen molar-refractivity contribution in [1.82, 2.24) is 19.9 Å². The first-order valence-electron chi connectivity index (χ1n) is 8.13. The first-order chi connectivity index (χ1) is 11.6. The molecule has 24 heavy (non-hydrogen) atoms. The zero-order valence-corrected chi connectivity index (χ0v) is 13.5. The number of amides is 2. The highest BCUT2D eigenvalue weighted by Gasteiger charge is 2.26. The Hall–Kier alpha value is -2.70. The minimum Gasteiger partial charge on any atom is -0.370 e. The quantitative estimate of drug-likeness (QED) is 0.888. The molecule has 1 aromatic heterocycles. The van der Waals surface area contributed by atoms with Crippen molar-refractivity contribution in [3.8, 4) is 0 Å². The number of benzene rings is 1. The average Bonchev–Trinajstić information content (AvgIpc) is 3.04. The number of nitrogens with zero attached hydrogens (tertiary/aromatic N) is 4. The molecule has 2 N–H and O–H groups in total. The number of carbonyl (C=O) groups is 2. The van der Waals surface area contributed by atoms with Gasteiger partial charge in [-0.3, -0.25) is 9.59 Å². The molecule has 0 radical (unpaired) electrons. The summed E-state index contributed by atoms with van der Waals surface area (Å²) in [6.45, 7) is 1.84. The van der Waals surface area contributed by atoms with Gasteiger partial charge in [0.25, 0.3) is 5.91 Å². The van der Waals surface area contributed by atoms with Crippen molar-refractivity contribution in [3.05, 3.63) is 47.8 Å². The Morgan fingerprint density at radius 2 is 1.88 bits per heavy atom. The molecule has 1 aromatic carbocycles. The molecule has 7 nitrogen and oxygen atoms in total. The molecule has 0 unspecified atom stereocenters. The summed E-state index contributed by atoms with van der Waals surface area (Å²) in [4.78, 5) is 25.3. The lowest BCUT2D eigenvalue weighted by Crippen LogP contribution is -2.39. The lowest BCUT2D eigenvalue weighted by atomic mass is 9.93. The van der Waals surface area contributed by atoms with E-state index in [1.165, 1.54) is 0 Å². The molecular formula is C17H21N5O2. The smallest absolute Gasteiger partial charge is 0.276 e. The van der Waals surface area contributed by atoms with Crippen LogP contribution in [-0.4, -0.2) is 44.8 Å². The summed E-state index contributed by atoms with van der Waals surface area (Å²) < 4.78 is 1.67. The first-order valence-corrected chi connectivity index (χ1v) is 8.13. The number of rotatable bonds is 5. The van der Waals surface area contributed by atoms with E-state index in [0.717, 1.165) is 18.4 Å². The van der Waals surface area contributed by atoms with Gasteiger partial charge in [0.05, 0.1) is 12.7 Å². The SMILES string of the molecule is NC(=O)CC1CCN(C(=O)c2cn(Cc3ccccc3)nn2)CC1. The van der Waals surface area contributed by atoms with Crippen LogP contribution in [0.15, 0.2) is 36.5 Å². The zero-order valence-electron chi connectivity index (χ0n) is 13.5. The van der Waals surface area contributed by atoms with E-state index in [2.05, 4.69) is 10.3 Å². The van der Waals surface area contributed by atoms with E-state index in [1.54, 1.807) is 15.8 Å². The van der Waals surface area contributed by atoms with Crippen LogP contribution in [0.25, 0.3) is 0 Å². The van der Waals surface area contributed by atoms with Crippen LogP contribution < -0.4 is 5.73 Å². The molecular weight excluding hydrogens is 306 g/mol. The van der Waals surface area contributed by atoms with E-state index in [-0.39, 0.29) is 17.7 Å². The van der Waals surface area contributed by atoms with Gasteiger partial charge in [-0.2, -0.15) is 0 Å². The summed E-state index contributed by atoms with van der Waals surface area (Å²) in [6, 6.07) is 9.91. The van der Waals surface area contributed by atoms with Crippen molar-refractivity contribution in [1.29, 1.82) is 0 Å². The Morgan fingerprint density at radius 1 is 1.17 bits per heavy atom. The number of aromatic nitrogens is 3. The maximum absolute atomic E-state index is 12.5. The third-order valence-corrected chi connectivity index (χ3v) is 4.34. The van der Waals surface area contributed by atoms with Gasteiger partial charge in [0, 0.05) is 19.5 Å². The molecule has 1 aliphatic rings. The van der Waals surface area contributed by atoms with Crippen LogP contribution in [-0.2, 0) is 11.3 Å². The van der Waals surface area contributed by atoms with Crippen LogP contribution in [0.2, 0.25) is 0 Å². The summed E-state index contributed by atoms with van der Waals surface area (Å²) >= 11 is 0. The van der Waals surface area contributed by atoms with Gasteiger partial charge < -0.3 is 10.6 Å². The molecule has 3 rings (SSSR count). The molecule has 1 aliphatic heterocycles. The third kappa shape index (κ3) is 3.98. The number of primary amides is 1. The van der Waals surface area contributed by atoms with Crippen LogP contribution in [0.1, 0.15) is 35.3 Å². The number of piperidine rings is 1. The van der Waals surface area contributed by atoms with E-state index in [1.807, 2.05) is 30.3 Å². The second-order valence-corrected chi connectivity index (χ2v) is 6.19. The average molecular weight is 327 g/mol. The molecule has 0 bridgehead atoms. The maximum atomic E-state index is 12.5. The molecule has 1 saturated heterocycles. The van der Waals surface area contributed by atoms with Crippen molar-refractivity contribution in [2.75, 3.05) is 13.1 Å². The summed E-state index contributed by atoms with van der Waals surface area (Å²) in [5.41, 5.74) is 6.70. The Morgan fingerprint density at radius 3 is 2.54 bits per heavy atom. The van der Waals surface area contributed by atoms with Gasteiger partial charge in [-0.25, -0.2) is 4.68 Å². The molecule has 2 heterocycles. The Labute approximate surface area is 140 Å². The largest absolute Gasteiger partial charge is 0.370 e. The van der Waals surface area contributed by atoms with Crippen molar-refractivity contribution in [3.63, 3.8) is 0 Å². The van der Waals surface area contributed by atoms with Crippen molar-refractivity contribution in [2.45, 2.75) is 25.8 Å². The number of likely N-dealkylation sites (tertiary alicyclic amines) is 1. The zero-order chi connectivity index (χ0) is 16.9. The van der Waals surface area contributed by atoms with E-state index in [0.29, 0.717) is 31.7 Å². The molecule has 126 valence electrons. The Balaban J connectivity index is 1.57. The second-order valence-electron chi connectivity index (χ2n) is 6.19. The number of carbonyl (C=O) groups excluding carboxylic acids is 2. The highest BCUT2D eigenvalue weighted by Crippen LogP contribution is 2.21. The minimum atomic E-state index is -0.274. The fourth-order valence-electron chi connectivity index (χ4n) is 3.03. The van der Waals surface area contributed by atoms with E-state index in [4.69, 9.17) is 5.73 Å². The fourth-order valence-corrected chi connectivity index (χ4v) is 3.03. The Bertz CT molecular complexity index is 705. The van der Waals surface area contributed by atoms with Crippen molar-refractivity contribution < 1.29 is 9.59 Å². The van der Waals surface area contributed by atoms with E-state index in [9.17, 15) is 9.59 Å². The molecule has 2 aromatic rings. The van der Waals surface area contributed by atoms with Gasteiger partial charge in [0.15, 0.2) is 5.69 Å². The molecule has 0 spiro atoms. The summed E-state index contributed by atoms with van der Waals surface area (Å²) in [5.74, 6) is -0.101.